The first kappa shape index (κ1) is 20.0. The Balaban J connectivity index is 1.72. The summed E-state index contributed by atoms with van der Waals surface area (Å²) < 4.78 is 28.1. The Labute approximate surface area is 178 Å². The number of sulfone groups is 1. The number of aliphatic hydroxyl groups excluding tert-OH is 1. The van der Waals surface area contributed by atoms with Crippen molar-refractivity contribution >= 4 is 60.9 Å². The summed E-state index contributed by atoms with van der Waals surface area (Å²) in [6.07, 6.45) is -1.14. The molecular weight excluding hydrogens is 453 g/mol. The van der Waals surface area contributed by atoms with Crippen molar-refractivity contribution in [3.63, 3.8) is 0 Å². The third-order valence-electron chi connectivity index (χ3n) is 4.83. The number of aliphatic hydroxyl groups is 1. The number of halogens is 1. The molecule has 1 unspecified atom stereocenters. The minimum atomic E-state index is -3.76. The molecule has 5 nitrogen and oxygen atoms in total. The van der Waals surface area contributed by atoms with Gasteiger partial charge in [-0.15, -0.1) is 0 Å². The average Bonchev–Trinajstić information content (AvgIpc) is 2.93. The molecule has 1 atom stereocenters. The van der Waals surface area contributed by atoms with Gasteiger partial charge in [0.2, 0.25) is 0 Å². The zero-order valence-corrected chi connectivity index (χ0v) is 17.7. The van der Waals surface area contributed by atoms with Gasteiger partial charge in [-0.3, -0.25) is 0 Å². The van der Waals surface area contributed by atoms with Gasteiger partial charge in [0.1, 0.15) is 13.6 Å². The number of nitrogens with zero attached hydrogens (tertiary/aromatic N) is 1. The number of phenols is 1. The summed E-state index contributed by atoms with van der Waals surface area (Å²) in [4.78, 5) is -0.0181. The Morgan fingerprint density at radius 3 is 2.41 bits per heavy atom. The molecule has 0 aliphatic carbocycles. The fourth-order valence-electron chi connectivity index (χ4n) is 3.58. The maximum atomic E-state index is 12.6. The van der Waals surface area contributed by atoms with Crippen LogP contribution in [0.25, 0.3) is 21.8 Å². The van der Waals surface area contributed by atoms with Crippen LogP contribution in [0.3, 0.4) is 0 Å². The van der Waals surface area contributed by atoms with Gasteiger partial charge in [-0.1, -0.05) is 39.6 Å². The Morgan fingerprint density at radius 1 is 1.00 bits per heavy atom. The molecule has 2 radical (unpaired) electrons. The van der Waals surface area contributed by atoms with Crippen LogP contribution in [0, 0.1) is 0 Å². The molecule has 4 rings (SSSR count). The SMILES string of the molecule is [B]c1ccc2c(c1)c1cc(Br)ccc1n2CC(O)CS(=O)(=O)c1cccc(O)c1. The molecule has 3 aromatic carbocycles. The van der Waals surface area contributed by atoms with E-state index in [1.54, 1.807) is 6.07 Å². The van der Waals surface area contributed by atoms with Gasteiger partial charge in [-0.05, 0) is 42.5 Å². The quantitative estimate of drug-likeness (QED) is 0.440. The van der Waals surface area contributed by atoms with Crippen molar-refractivity contribution in [1.82, 2.24) is 4.57 Å². The zero-order chi connectivity index (χ0) is 20.8. The molecule has 2 N–H and O–H groups in total. The smallest absolute Gasteiger partial charge is 0.181 e. The normalized spacial score (nSPS) is 13.2. The van der Waals surface area contributed by atoms with Gasteiger partial charge in [0.25, 0.3) is 0 Å². The highest BCUT2D eigenvalue weighted by Gasteiger charge is 2.22. The highest BCUT2D eigenvalue weighted by atomic mass is 79.9. The van der Waals surface area contributed by atoms with Crippen molar-refractivity contribution in [3.8, 4) is 5.75 Å². The van der Waals surface area contributed by atoms with E-state index < -0.39 is 21.7 Å². The predicted octanol–water partition coefficient (Wildman–Crippen LogP) is 2.89. The van der Waals surface area contributed by atoms with E-state index in [1.807, 2.05) is 34.9 Å². The summed E-state index contributed by atoms with van der Waals surface area (Å²) >= 11 is 3.48. The second-order valence-corrected chi connectivity index (χ2v) is 9.93. The van der Waals surface area contributed by atoms with Crippen LogP contribution in [0.4, 0.5) is 0 Å². The minimum Gasteiger partial charge on any atom is -0.508 e. The number of hydrogen-bond donors (Lipinski definition) is 2. The molecule has 0 saturated carbocycles. The fourth-order valence-corrected chi connectivity index (χ4v) is 5.33. The van der Waals surface area contributed by atoms with Crippen LogP contribution in [-0.4, -0.2) is 42.9 Å². The number of hydrogen-bond acceptors (Lipinski definition) is 4. The molecule has 0 aliphatic heterocycles. The lowest BCUT2D eigenvalue weighted by Crippen LogP contribution is -2.25. The maximum absolute atomic E-state index is 12.6. The van der Waals surface area contributed by atoms with Crippen LogP contribution in [0.2, 0.25) is 0 Å². The number of aromatic hydroxyl groups is 1. The van der Waals surface area contributed by atoms with Crippen LogP contribution < -0.4 is 5.46 Å². The molecule has 0 saturated heterocycles. The molecule has 8 heteroatoms. The highest BCUT2D eigenvalue weighted by molar-refractivity contribution is 9.10. The molecule has 1 heterocycles. The van der Waals surface area contributed by atoms with E-state index >= 15 is 0 Å². The van der Waals surface area contributed by atoms with E-state index in [9.17, 15) is 18.6 Å². The van der Waals surface area contributed by atoms with Gasteiger partial charge in [0.05, 0.1) is 23.3 Å². The largest absolute Gasteiger partial charge is 0.508 e. The lowest BCUT2D eigenvalue weighted by atomic mass is 9.94. The summed E-state index contributed by atoms with van der Waals surface area (Å²) in [6, 6.07) is 16.8. The third kappa shape index (κ3) is 3.92. The van der Waals surface area contributed by atoms with Crippen molar-refractivity contribution < 1.29 is 18.6 Å². The minimum absolute atomic E-state index is 0.0181. The van der Waals surface area contributed by atoms with E-state index in [0.29, 0.717) is 5.46 Å². The Bertz CT molecular complexity index is 1270. The van der Waals surface area contributed by atoms with E-state index in [2.05, 4.69) is 15.9 Å². The lowest BCUT2D eigenvalue weighted by Gasteiger charge is -2.15. The molecule has 4 aromatic rings. The van der Waals surface area contributed by atoms with Gasteiger partial charge in [-0.25, -0.2) is 8.42 Å². The molecule has 0 aliphatic rings. The Hall–Kier alpha value is -2.29. The van der Waals surface area contributed by atoms with Crippen molar-refractivity contribution in [2.24, 2.45) is 0 Å². The van der Waals surface area contributed by atoms with Crippen LogP contribution in [0.15, 0.2) is 70.0 Å². The van der Waals surface area contributed by atoms with Crippen molar-refractivity contribution in [2.45, 2.75) is 17.5 Å². The average molecular weight is 470 g/mol. The van der Waals surface area contributed by atoms with Gasteiger partial charge in [0.15, 0.2) is 9.84 Å². The first-order valence-corrected chi connectivity index (χ1v) is 11.4. The summed E-state index contributed by atoms with van der Waals surface area (Å²) in [5.41, 5.74) is 2.37. The second-order valence-electron chi connectivity index (χ2n) is 6.98. The van der Waals surface area contributed by atoms with Crippen molar-refractivity contribution in [3.05, 3.63) is 65.1 Å². The molecular formula is C21H17BBrNO4S. The van der Waals surface area contributed by atoms with E-state index in [4.69, 9.17) is 7.85 Å². The Kier molecular flexibility index (Phi) is 5.19. The summed E-state index contributed by atoms with van der Waals surface area (Å²) in [7, 11) is 2.20. The number of rotatable bonds is 5. The summed E-state index contributed by atoms with van der Waals surface area (Å²) in [5, 5.41) is 22.1. The standard InChI is InChI=1S/C21H17BBrNO4S/c22-13-4-6-20-18(8-13)19-9-14(23)5-7-21(19)24(20)11-16(26)12-29(27,28)17-3-1-2-15(25)10-17/h1-10,16,25-26H,11-12H2. The summed E-state index contributed by atoms with van der Waals surface area (Å²) in [6.45, 7) is 0.101. The first-order valence-electron chi connectivity index (χ1n) is 8.91. The van der Waals surface area contributed by atoms with Gasteiger partial charge in [-0.2, -0.15) is 0 Å². The second kappa shape index (κ2) is 7.52. The van der Waals surface area contributed by atoms with Crippen LogP contribution in [0.1, 0.15) is 0 Å². The monoisotopic (exact) mass is 469 g/mol. The van der Waals surface area contributed by atoms with Gasteiger partial charge >= 0.3 is 0 Å². The zero-order valence-electron chi connectivity index (χ0n) is 15.3. The number of phenolic OH excluding ortho intramolecular Hbond substituents is 1. The molecule has 29 heavy (non-hydrogen) atoms. The fraction of sp³-hybridized carbons (Fsp3) is 0.143. The molecule has 146 valence electrons. The molecule has 0 bridgehead atoms. The molecule has 0 spiro atoms. The van der Waals surface area contributed by atoms with Gasteiger partial charge < -0.3 is 14.8 Å². The van der Waals surface area contributed by atoms with Gasteiger partial charge in [0, 0.05) is 26.3 Å². The number of fused-ring (bicyclic) bond motifs is 3. The number of aromatic nitrogens is 1. The predicted molar refractivity (Wildman–Crippen MR) is 119 cm³/mol. The molecule has 1 aromatic heterocycles. The topological polar surface area (TPSA) is 79.5 Å². The molecule has 0 fully saturated rings. The van der Waals surface area contributed by atoms with Crippen LogP contribution in [-0.2, 0) is 16.4 Å². The van der Waals surface area contributed by atoms with Crippen molar-refractivity contribution in [2.75, 3.05) is 5.75 Å². The van der Waals surface area contributed by atoms with Crippen LogP contribution in [0.5, 0.6) is 5.75 Å². The Morgan fingerprint density at radius 2 is 1.69 bits per heavy atom. The van der Waals surface area contributed by atoms with E-state index in [1.165, 1.54) is 24.3 Å². The summed E-state index contributed by atoms with van der Waals surface area (Å²) in [5.74, 6) is -0.588. The van der Waals surface area contributed by atoms with Crippen LogP contribution >= 0.6 is 15.9 Å². The maximum Gasteiger partial charge on any atom is 0.181 e. The van der Waals surface area contributed by atoms with E-state index in [-0.39, 0.29) is 17.2 Å². The number of benzene rings is 3. The van der Waals surface area contributed by atoms with E-state index in [0.717, 1.165) is 26.3 Å². The highest BCUT2D eigenvalue weighted by Crippen LogP contribution is 2.31. The molecule has 0 amide bonds. The lowest BCUT2D eigenvalue weighted by molar-refractivity contribution is 0.179. The first-order chi connectivity index (χ1) is 13.7. The van der Waals surface area contributed by atoms with Crippen molar-refractivity contribution in [1.29, 1.82) is 0 Å². The third-order valence-corrected chi connectivity index (χ3v) is 7.12.